The Morgan fingerprint density at radius 1 is 1.47 bits per heavy atom. The summed E-state index contributed by atoms with van der Waals surface area (Å²) in [4.78, 5) is 0. The minimum Gasteiger partial charge on any atom is -0.493 e. The van der Waals surface area contributed by atoms with Gasteiger partial charge in [0.05, 0.1) is 12.2 Å². The van der Waals surface area contributed by atoms with Crippen LogP contribution in [-0.4, -0.2) is 12.4 Å². The zero-order valence-electron chi connectivity index (χ0n) is 9.50. The third kappa shape index (κ3) is 3.27. The van der Waals surface area contributed by atoms with E-state index in [0.29, 0.717) is 23.8 Å². The fourth-order valence-corrected chi connectivity index (χ4v) is 1.24. The molecule has 0 saturated heterocycles. The zero-order valence-corrected chi connectivity index (χ0v) is 9.50. The molecule has 0 aliphatic carbocycles. The summed E-state index contributed by atoms with van der Waals surface area (Å²) in [6.45, 7) is 6.78. The fourth-order valence-electron chi connectivity index (χ4n) is 1.24. The SMILES string of the molecule is Cc1ccc(OCC(C)C)c(C(=N)N)c1. The predicted molar refractivity (Wildman–Crippen MR) is 62.5 cm³/mol. The molecular weight excluding hydrogens is 188 g/mol. The molecule has 0 radical (unpaired) electrons. The van der Waals surface area contributed by atoms with Crippen LogP contribution >= 0.6 is 0 Å². The third-order valence-electron chi connectivity index (χ3n) is 2.00. The Balaban J connectivity index is 2.91. The minimum atomic E-state index is 0.0532. The summed E-state index contributed by atoms with van der Waals surface area (Å²) in [6.07, 6.45) is 0. The topological polar surface area (TPSA) is 59.1 Å². The minimum absolute atomic E-state index is 0.0532. The van der Waals surface area contributed by atoms with Gasteiger partial charge in [0.2, 0.25) is 0 Å². The number of ether oxygens (including phenoxy) is 1. The monoisotopic (exact) mass is 206 g/mol. The Kier molecular flexibility index (Phi) is 3.72. The van der Waals surface area contributed by atoms with Crippen LogP contribution in [0.25, 0.3) is 0 Å². The van der Waals surface area contributed by atoms with Crippen molar-refractivity contribution in [1.82, 2.24) is 0 Å². The molecule has 0 fully saturated rings. The molecule has 0 spiro atoms. The normalized spacial score (nSPS) is 10.4. The van der Waals surface area contributed by atoms with Gasteiger partial charge in [-0.3, -0.25) is 5.41 Å². The molecule has 0 aromatic heterocycles. The lowest BCUT2D eigenvalue weighted by Gasteiger charge is -2.12. The lowest BCUT2D eigenvalue weighted by molar-refractivity contribution is 0.270. The van der Waals surface area contributed by atoms with E-state index in [1.165, 1.54) is 0 Å². The zero-order chi connectivity index (χ0) is 11.4. The second-order valence-electron chi connectivity index (χ2n) is 4.12. The van der Waals surface area contributed by atoms with Crippen LogP contribution in [0.15, 0.2) is 18.2 Å². The van der Waals surface area contributed by atoms with Crippen LogP contribution in [0.1, 0.15) is 25.0 Å². The molecule has 0 aliphatic rings. The molecule has 15 heavy (non-hydrogen) atoms. The summed E-state index contributed by atoms with van der Waals surface area (Å²) in [7, 11) is 0. The lowest BCUT2D eigenvalue weighted by atomic mass is 10.1. The van der Waals surface area contributed by atoms with Crippen molar-refractivity contribution in [2.24, 2.45) is 11.7 Å². The quantitative estimate of drug-likeness (QED) is 0.586. The van der Waals surface area contributed by atoms with Crippen molar-refractivity contribution in [3.8, 4) is 5.75 Å². The summed E-state index contributed by atoms with van der Waals surface area (Å²) in [5, 5.41) is 7.46. The molecule has 1 aromatic rings. The average Bonchev–Trinajstić information content (AvgIpc) is 2.15. The van der Waals surface area contributed by atoms with Crippen LogP contribution in [0, 0.1) is 18.3 Å². The highest BCUT2D eigenvalue weighted by atomic mass is 16.5. The molecule has 1 aromatic carbocycles. The second kappa shape index (κ2) is 4.82. The number of nitrogens with one attached hydrogen (secondary N) is 1. The summed E-state index contributed by atoms with van der Waals surface area (Å²) in [5.41, 5.74) is 7.25. The first-order chi connectivity index (χ1) is 7.00. The van der Waals surface area contributed by atoms with Gasteiger partial charge in [-0.2, -0.15) is 0 Å². The third-order valence-corrected chi connectivity index (χ3v) is 2.00. The number of benzene rings is 1. The van der Waals surface area contributed by atoms with Gasteiger partial charge in [0.1, 0.15) is 11.6 Å². The van der Waals surface area contributed by atoms with E-state index in [2.05, 4.69) is 13.8 Å². The van der Waals surface area contributed by atoms with Crippen LogP contribution in [0.4, 0.5) is 0 Å². The van der Waals surface area contributed by atoms with Crippen LogP contribution in [0.3, 0.4) is 0 Å². The highest BCUT2D eigenvalue weighted by Crippen LogP contribution is 2.20. The van der Waals surface area contributed by atoms with Crippen LogP contribution in [-0.2, 0) is 0 Å². The first-order valence-corrected chi connectivity index (χ1v) is 5.08. The van der Waals surface area contributed by atoms with Crippen molar-refractivity contribution in [2.45, 2.75) is 20.8 Å². The maximum atomic E-state index is 7.46. The molecule has 1 rings (SSSR count). The van der Waals surface area contributed by atoms with E-state index in [9.17, 15) is 0 Å². The van der Waals surface area contributed by atoms with E-state index in [1.54, 1.807) is 0 Å². The van der Waals surface area contributed by atoms with Gasteiger partial charge in [-0.25, -0.2) is 0 Å². The summed E-state index contributed by atoms with van der Waals surface area (Å²) < 4.78 is 5.59. The van der Waals surface area contributed by atoms with Crippen LogP contribution in [0.5, 0.6) is 5.75 Å². The average molecular weight is 206 g/mol. The number of amidine groups is 1. The molecule has 0 saturated carbocycles. The van der Waals surface area contributed by atoms with Gasteiger partial charge in [-0.05, 0) is 25.0 Å². The number of nitrogens with two attached hydrogens (primary N) is 1. The Labute approximate surface area is 90.8 Å². The highest BCUT2D eigenvalue weighted by molar-refractivity contribution is 5.97. The molecule has 0 unspecified atom stereocenters. The Morgan fingerprint density at radius 3 is 2.67 bits per heavy atom. The molecule has 0 bridgehead atoms. The van der Waals surface area contributed by atoms with Gasteiger partial charge < -0.3 is 10.5 Å². The van der Waals surface area contributed by atoms with Crippen molar-refractivity contribution in [1.29, 1.82) is 5.41 Å². The van der Waals surface area contributed by atoms with Gasteiger partial charge >= 0.3 is 0 Å². The Morgan fingerprint density at radius 2 is 2.13 bits per heavy atom. The summed E-state index contributed by atoms with van der Waals surface area (Å²) in [5.74, 6) is 1.21. The first-order valence-electron chi connectivity index (χ1n) is 5.08. The van der Waals surface area contributed by atoms with Gasteiger partial charge in [0, 0.05) is 0 Å². The largest absolute Gasteiger partial charge is 0.493 e. The molecule has 0 aliphatic heterocycles. The lowest BCUT2D eigenvalue weighted by Crippen LogP contribution is -2.14. The van der Waals surface area contributed by atoms with Gasteiger partial charge in [-0.15, -0.1) is 0 Å². The van der Waals surface area contributed by atoms with Crippen molar-refractivity contribution >= 4 is 5.84 Å². The summed E-state index contributed by atoms with van der Waals surface area (Å²) >= 11 is 0. The van der Waals surface area contributed by atoms with Crippen molar-refractivity contribution in [2.75, 3.05) is 6.61 Å². The Bertz CT molecular complexity index is 359. The standard InChI is InChI=1S/C12H18N2O/c1-8(2)7-15-11-5-4-9(3)6-10(11)12(13)14/h4-6,8H,7H2,1-3H3,(H3,13,14). The van der Waals surface area contributed by atoms with E-state index in [1.807, 2.05) is 25.1 Å². The molecule has 0 amide bonds. The number of aryl methyl sites for hydroxylation is 1. The van der Waals surface area contributed by atoms with Gasteiger partial charge in [-0.1, -0.05) is 25.5 Å². The van der Waals surface area contributed by atoms with Crippen LogP contribution < -0.4 is 10.5 Å². The van der Waals surface area contributed by atoms with E-state index >= 15 is 0 Å². The number of hydrogen-bond acceptors (Lipinski definition) is 2. The number of hydrogen-bond donors (Lipinski definition) is 2. The van der Waals surface area contributed by atoms with Crippen LogP contribution in [0.2, 0.25) is 0 Å². The van der Waals surface area contributed by atoms with E-state index < -0.39 is 0 Å². The molecule has 0 heterocycles. The predicted octanol–water partition coefficient (Wildman–Crippen LogP) is 2.31. The summed E-state index contributed by atoms with van der Waals surface area (Å²) in [6, 6.07) is 5.70. The maximum absolute atomic E-state index is 7.46. The highest BCUT2D eigenvalue weighted by Gasteiger charge is 2.07. The van der Waals surface area contributed by atoms with Gasteiger partial charge in [0.15, 0.2) is 0 Å². The van der Waals surface area contributed by atoms with Crippen molar-refractivity contribution in [3.05, 3.63) is 29.3 Å². The van der Waals surface area contributed by atoms with E-state index in [4.69, 9.17) is 15.9 Å². The van der Waals surface area contributed by atoms with Crippen molar-refractivity contribution in [3.63, 3.8) is 0 Å². The Hall–Kier alpha value is -1.51. The molecule has 3 N–H and O–H groups in total. The first kappa shape index (κ1) is 11.6. The van der Waals surface area contributed by atoms with E-state index in [0.717, 1.165) is 5.56 Å². The van der Waals surface area contributed by atoms with Crippen molar-refractivity contribution < 1.29 is 4.74 Å². The fraction of sp³-hybridized carbons (Fsp3) is 0.417. The van der Waals surface area contributed by atoms with Gasteiger partial charge in [0.25, 0.3) is 0 Å². The molecule has 3 nitrogen and oxygen atoms in total. The molecular formula is C12H18N2O. The second-order valence-corrected chi connectivity index (χ2v) is 4.12. The number of nitrogen functional groups attached to an aromatic ring is 1. The number of rotatable bonds is 4. The molecule has 0 atom stereocenters. The molecule has 3 heteroatoms. The molecule has 82 valence electrons. The maximum Gasteiger partial charge on any atom is 0.130 e. The van der Waals surface area contributed by atoms with E-state index in [-0.39, 0.29) is 5.84 Å². The smallest absolute Gasteiger partial charge is 0.130 e.